The summed E-state index contributed by atoms with van der Waals surface area (Å²) in [5.41, 5.74) is 0.663. The zero-order chi connectivity index (χ0) is 10.5. The quantitative estimate of drug-likeness (QED) is 0.701. The first-order valence-electron chi connectivity index (χ1n) is 4.98. The lowest BCUT2D eigenvalue weighted by Crippen LogP contribution is -1.95. The van der Waals surface area contributed by atoms with Gasteiger partial charge in [0.25, 0.3) is 0 Å². The van der Waals surface area contributed by atoms with E-state index in [0.29, 0.717) is 5.56 Å². The number of allylic oxidation sites excluding steroid dienone is 3. The van der Waals surface area contributed by atoms with Gasteiger partial charge in [0.1, 0.15) is 17.8 Å². The van der Waals surface area contributed by atoms with Gasteiger partial charge in [-0.25, -0.2) is 0 Å². The molecule has 1 aliphatic carbocycles. The monoisotopic (exact) mass is 200 g/mol. The fraction of sp³-hybridized carbons (Fsp3) is 0.154. The van der Waals surface area contributed by atoms with Crippen LogP contribution in [-0.4, -0.2) is 6.29 Å². The van der Waals surface area contributed by atoms with Gasteiger partial charge in [-0.1, -0.05) is 6.08 Å². The molecule has 0 N–H and O–H groups in total. The van der Waals surface area contributed by atoms with Crippen LogP contribution in [0.3, 0.4) is 0 Å². The van der Waals surface area contributed by atoms with E-state index < -0.39 is 0 Å². The van der Waals surface area contributed by atoms with Crippen LogP contribution in [0.25, 0.3) is 0 Å². The standard InChI is InChI=1S/C13H12O2/c14-10-11-6-8-13(9-7-11)15-12-4-2-1-3-5-12/h2,4-10H,1,3H2. The summed E-state index contributed by atoms with van der Waals surface area (Å²) in [6.07, 6.45) is 9.05. The summed E-state index contributed by atoms with van der Waals surface area (Å²) in [5, 5.41) is 0. The first-order chi connectivity index (χ1) is 7.38. The van der Waals surface area contributed by atoms with Crippen molar-refractivity contribution in [2.75, 3.05) is 0 Å². The Bertz CT molecular complexity index is 399. The van der Waals surface area contributed by atoms with Crippen molar-refractivity contribution in [1.29, 1.82) is 0 Å². The van der Waals surface area contributed by atoms with Crippen LogP contribution in [0.1, 0.15) is 23.2 Å². The summed E-state index contributed by atoms with van der Waals surface area (Å²) in [6.45, 7) is 0. The number of hydrogen-bond donors (Lipinski definition) is 0. The smallest absolute Gasteiger partial charge is 0.150 e. The van der Waals surface area contributed by atoms with E-state index in [4.69, 9.17) is 4.74 Å². The van der Waals surface area contributed by atoms with Gasteiger partial charge < -0.3 is 4.74 Å². The molecule has 0 unspecified atom stereocenters. The van der Waals surface area contributed by atoms with Gasteiger partial charge in [0.05, 0.1) is 0 Å². The highest BCUT2D eigenvalue weighted by molar-refractivity contribution is 5.74. The predicted octanol–water partition coefficient (Wildman–Crippen LogP) is 3.11. The molecule has 15 heavy (non-hydrogen) atoms. The van der Waals surface area contributed by atoms with Crippen LogP contribution in [0.5, 0.6) is 5.75 Å². The van der Waals surface area contributed by atoms with Crippen molar-refractivity contribution in [3.63, 3.8) is 0 Å². The first-order valence-corrected chi connectivity index (χ1v) is 4.98. The molecule has 0 amide bonds. The molecule has 0 spiro atoms. The van der Waals surface area contributed by atoms with E-state index in [9.17, 15) is 4.79 Å². The topological polar surface area (TPSA) is 26.3 Å². The molecule has 0 heterocycles. The zero-order valence-corrected chi connectivity index (χ0v) is 8.35. The number of rotatable bonds is 3. The Labute approximate surface area is 88.9 Å². The van der Waals surface area contributed by atoms with E-state index in [1.165, 1.54) is 0 Å². The first kappa shape index (κ1) is 9.71. The second-order valence-corrected chi connectivity index (χ2v) is 3.38. The van der Waals surface area contributed by atoms with Gasteiger partial charge in [-0.15, -0.1) is 0 Å². The molecule has 0 saturated heterocycles. The maximum absolute atomic E-state index is 10.4. The fourth-order valence-corrected chi connectivity index (χ4v) is 1.42. The molecule has 0 fully saturated rings. The lowest BCUT2D eigenvalue weighted by molar-refractivity contribution is 0.112. The van der Waals surface area contributed by atoms with E-state index in [1.54, 1.807) is 24.3 Å². The third kappa shape index (κ3) is 2.56. The Kier molecular flexibility index (Phi) is 2.98. The molecule has 76 valence electrons. The van der Waals surface area contributed by atoms with Crippen LogP contribution in [0, 0.1) is 0 Å². The number of aldehydes is 1. The van der Waals surface area contributed by atoms with Crippen LogP contribution in [0.2, 0.25) is 0 Å². The molecule has 2 heteroatoms. The highest BCUT2D eigenvalue weighted by atomic mass is 16.5. The lowest BCUT2D eigenvalue weighted by atomic mass is 10.2. The van der Waals surface area contributed by atoms with Crippen molar-refractivity contribution in [2.45, 2.75) is 12.8 Å². The number of carbonyl (C=O) groups is 1. The highest BCUT2D eigenvalue weighted by Gasteiger charge is 2.00. The molecule has 1 aromatic carbocycles. The van der Waals surface area contributed by atoms with Crippen LogP contribution in [0.15, 0.2) is 48.3 Å². The van der Waals surface area contributed by atoms with Crippen molar-refractivity contribution in [1.82, 2.24) is 0 Å². The van der Waals surface area contributed by atoms with Gasteiger partial charge in [0.15, 0.2) is 0 Å². The third-order valence-corrected chi connectivity index (χ3v) is 2.21. The van der Waals surface area contributed by atoms with E-state index >= 15 is 0 Å². The summed E-state index contributed by atoms with van der Waals surface area (Å²) in [4.78, 5) is 10.4. The third-order valence-electron chi connectivity index (χ3n) is 2.21. The van der Waals surface area contributed by atoms with Crippen molar-refractivity contribution < 1.29 is 9.53 Å². The maximum Gasteiger partial charge on any atom is 0.150 e. The van der Waals surface area contributed by atoms with E-state index in [-0.39, 0.29) is 0 Å². The van der Waals surface area contributed by atoms with Gasteiger partial charge in [-0.2, -0.15) is 0 Å². The molecule has 2 nitrogen and oxygen atoms in total. The van der Waals surface area contributed by atoms with Gasteiger partial charge in [-0.3, -0.25) is 4.79 Å². The molecule has 0 radical (unpaired) electrons. The average Bonchev–Trinajstić information content (AvgIpc) is 2.31. The van der Waals surface area contributed by atoms with Crippen LogP contribution < -0.4 is 4.74 Å². The van der Waals surface area contributed by atoms with Gasteiger partial charge in [0.2, 0.25) is 0 Å². The second kappa shape index (κ2) is 4.60. The number of carbonyl (C=O) groups excluding carboxylic acids is 1. The molecular weight excluding hydrogens is 188 g/mol. The SMILES string of the molecule is O=Cc1ccc(OC2=CCCC=C2)cc1. The minimum absolute atomic E-state index is 0.663. The Balaban J connectivity index is 2.07. The van der Waals surface area contributed by atoms with Gasteiger partial charge >= 0.3 is 0 Å². The molecule has 1 aromatic rings. The minimum Gasteiger partial charge on any atom is -0.458 e. The molecular formula is C13H12O2. The molecule has 0 bridgehead atoms. The summed E-state index contributed by atoms with van der Waals surface area (Å²) >= 11 is 0. The predicted molar refractivity (Wildman–Crippen MR) is 58.9 cm³/mol. The van der Waals surface area contributed by atoms with E-state index in [0.717, 1.165) is 30.6 Å². The summed E-state index contributed by atoms with van der Waals surface area (Å²) in [5.74, 6) is 1.64. The fourth-order valence-electron chi connectivity index (χ4n) is 1.42. The number of ether oxygens (including phenoxy) is 1. The van der Waals surface area contributed by atoms with E-state index in [2.05, 4.69) is 12.2 Å². The summed E-state index contributed by atoms with van der Waals surface area (Å²) < 4.78 is 5.61. The van der Waals surface area contributed by atoms with E-state index in [1.807, 2.05) is 6.08 Å². The largest absolute Gasteiger partial charge is 0.458 e. The molecule has 0 aliphatic heterocycles. The molecule has 0 atom stereocenters. The summed E-state index contributed by atoms with van der Waals surface area (Å²) in [6, 6.07) is 7.09. The lowest BCUT2D eigenvalue weighted by Gasteiger charge is -2.09. The Morgan fingerprint density at radius 1 is 1.13 bits per heavy atom. The maximum atomic E-state index is 10.4. The molecule has 2 rings (SSSR count). The highest BCUT2D eigenvalue weighted by Crippen LogP contribution is 2.17. The Morgan fingerprint density at radius 2 is 1.93 bits per heavy atom. The van der Waals surface area contributed by atoms with Gasteiger partial charge in [0, 0.05) is 5.56 Å². The number of benzene rings is 1. The zero-order valence-electron chi connectivity index (χ0n) is 8.35. The normalized spacial score (nSPS) is 14.5. The van der Waals surface area contributed by atoms with Crippen LogP contribution >= 0.6 is 0 Å². The van der Waals surface area contributed by atoms with Crippen molar-refractivity contribution >= 4 is 6.29 Å². The van der Waals surface area contributed by atoms with Crippen molar-refractivity contribution in [3.05, 3.63) is 53.8 Å². The molecule has 0 aromatic heterocycles. The Hall–Kier alpha value is -1.83. The van der Waals surface area contributed by atoms with Crippen molar-refractivity contribution in [2.24, 2.45) is 0 Å². The Morgan fingerprint density at radius 3 is 2.53 bits per heavy atom. The number of hydrogen-bond acceptors (Lipinski definition) is 2. The average molecular weight is 200 g/mol. The van der Waals surface area contributed by atoms with Gasteiger partial charge in [-0.05, 0) is 49.3 Å². The second-order valence-electron chi connectivity index (χ2n) is 3.38. The molecule has 0 saturated carbocycles. The minimum atomic E-state index is 0.663. The summed E-state index contributed by atoms with van der Waals surface area (Å²) in [7, 11) is 0. The van der Waals surface area contributed by atoms with Crippen molar-refractivity contribution in [3.8, 4) is 5.75 Å². The molecule has 1 aliphatic rings. The van der Waals surface area contributed by atoms with Crippen LogP contribution in [-0.2, 0) is 0 Å². The van der Waals surface area contributed by atoms with Crippen LogP contribution in [0.4, 0.5) is 0 Å².